The van der Waals surface area contributed by atoms with Gasteiger partial charge in [0.1, 0.15) is 5.82 Å². The second kappa shape index (κ2) is 9.53. The lowest BCUT2D eigenvalue weighted by atomic mass is 9.72. The maximum atomic E-state index is 14.0. The summed E-state index contributed by atoms with van der Waals surface area (Å²) in [6, 6.07) is 12.8. The average molecular weight is 455 g/mol. The van der Waals surface area contributed by atoms with Gasteiger partial charge in [-0.2, -0.15) is 0 Å². The van der Waals surface area contributed by atoms with Crippen LogP contribution < -0.4 is 0 Å². The molecule has 6 heteroatoms. The van der Waals surface area contributed by atoms with E-state index in [-0.39, 0.29) is 11.7 Å². The number of nitrogens with zero attached hydrogens (tertiary/aromatic N) is 2. The van der Waals surface area contributed by atoms with E-state index in [1.54, 1.807) is 12.1 Å². The first-order valence-corrected chi connectivity index (χ1v) is 11.8. The summed E-state index contributed by atoms with van der Waals surface area (Å²) in [7, 11) is 1.95. The van der Waals surface area contributed by atoms with Gasteiger partial charge < -0.3 is 14.7 Å². The Bertz CT molecular complexity index is 967. The van der Waals surface area contributed by atoms with Crippen molar-refractivity contribution < 1.29 is 19.0 Å². The van der Waals surface area contributed by atoms with E-state index < -0.39 is 11.0 Å². The number of likely N-dealkylation sites (tertiary alicyclic amines) is 1. The van der Waals surface area contributed by atoms with Gasteiger partial charge in [-0.15, -0.1) is 0 Å². The maximum absolute atomic E-state index is 14.0. The Balaban J connectivity index is 1.48. The van der Waals surface area contributed by atoms with Gasteiger partial charge in [-0.3, -0.25) is 9.69 Å². The van der Waals surface area contributed by atoms with Gasteiger partial charge in [-0.25, -0.2) is 4.39 Å². The third-order valence-corrected chi connectivity index (χ3v) is 7.08. The molecule has 2 aromatic rings. The highest BCUT2D eigenvalue weighted by Gasteiger charge is 2.48. The van der Waals surface area contributed by atoms with E-state index in [9.17, 15) is 14.3 Å². The standard InChI is InChI=1S/C27H35FN2O3/c1-20-14-21(2)16-23(15-20)27(9-12-33-13-10-27)25(31)30-11-8-26(32,19-30)18-29(3)17-22-4-6-24(28)7-5-22/h4-7,14-16,32H,8-13,17-19H2,1-3H3/t26-/m1/s1. The van der Waals surface area contributed by atoms with Gasteiger partial charge in [0, 0.05) is 32.8 Å². The van der Waals surface area contributed by atoms with Crippen molar-refractivity contribution in [3.63, 3.8) is 0 Å². The van der Waals surface area contributed by atoms with Crippen LogP contribution in [0.3, 0.4) is 0 Å². The van der Waals surface area contributed by atoms with E-state index in [2.05, 4.69) is 32.0 Å². The van der Waals surface area contributed by atoms with E-state index in [0.29, 0.717) is 58.7 Å². The Kier molecular flexibility index (Phi) is 6.89. The predicted molar refractivity (Wildman–Crippen MR) is 127 cm³/mol. The van der Waals surface area contributed by atoms with Crippen LogP contribution in [-0.4, -0.2) is 66.3 Å². The summed E-state index contributed by atoms with van der Waals surface area (Å²) in [5.74, 6) is -0.149. The van der Waals surface area contributed by atoms with Crippen molar-refractivity contribution in [1.82, 2.24) is 9.80 Å². The molecule has 178 valence electrons. The average Bonchev–Trinajstić information content (AvgIpc) is 3.16. The van der Waals surface area contributed by atoms with E-state index >= 15 is 0 Å². The van der Waals surface area contributed by atoms with Crippen LogP contribution in [0.1, 0.15) is 41.5 Å². The van der Waals surface area contributed by atoms with E-state index in [0.717, 1.165) is 22.3 Å². The third-order valence-electron chi connectivity index (χ3n) is 7.08. The molecule has 5 nitrogen and oxygen atoms in total. The van der Waals surface area contributed by atoms with Gasteiger partial charge in [0.05, 0.1) is 17.6 Å². The Hall–Kier alpha value is -2.28. The largest absolute Gasteiger partial charge is 0.387 e. The lowest BCUT2D eigenvalue weighted by molar-refractivity contribution is -0.141. The van der Waals surface area contributed by atoms with Crippen LogP contribution >= 0.6 is 0 Å². The fourth-order valence-corrected chi connectivity index (χ4v) is 5.52. The number of aliphatic hydroxyl groups is 1. The summed E-state index contributed by atoms with van der Waals surface area (Å²) in [4.78, 5) is 17.8. The number of amides is 1. The minimum atomic E-state index is -0.959. The Morgan fingerprint density at radius 3 is 2.36 bits per heavy atom. The summed E-state index contributed by atoms with van der Waals surface area (Å²) < 4.78 is 18.8. The summed E-state index contributed by atoms with van der Waals surface area (Å²) in [5.41, 5.74) is 2.81. The molecule has 2 saturated heterocycles. The van der Waals surface area contributed by atoms with Gasteiger partial charge in [-0.1, -0.05) is 41.5 Å². The summed E-state index contributed by atoms with van der Waals surface area (Å²) in [6.45, 7) is 7.21. The van der Waals surface area contributed by atoms with Crippen LogP contribution in [0.25, 0.3) is 0 Å². The topological polar surface area (TPSA) is 53.0 Å². The van der Waals surface area contributed by atoms with Gasteiger partial charge in [0.2, 0.25) is 5.91 Å². The van der Waals surface area contributed by atoms with Crippen LogP contribution in [-0.2, 0) is 21.5 Å². The van der Waals surface area contributed by atoms with E-state index in [1.165, 1.54) is 12.1 Å². The zero-order valence-corrected chi connectivity index (χ0v) is 19.9. The Morgan fingerprint density at radius 1 is 1.09 bits per heavy atom. The molecule has 0 saturated carbocycles. The molecule has 0 spiro atoms. The molecule has 2 aliphatic rings. The lowest BCUT2D eigenvalue weighted by Gasteiger charge is -2.40. The normalized spacial score (nSPS) is 22.7. The number of rotatable bonds is 6. The number of hydrogen-bond donors (Lipinski definition) is 1. The third kappa shape index (κ3) is 5.29. The number of carbonyl (C=O) groups excluding carboxylic acids is 1. The number of carbonyl (C=O) groups is 1. The molecule has 1 amide bonds. The molecule has 0 aromatic heterocycles. The molecular formula is C27H35FN2O3. The van der Waals surface area contributed by atoms with Crippen LogP contribution in [0.5, 0.6) is 0 Å². The van der Waals surface area contributed by atoms with Crippen LogP contribution in [0.2, 0.25) is 0 Å². The molecule has 33 heavy (non-hydrogen) atoms. The summed E-state index contributed by atoms with van der Waals surface area (Å²) >= 11 is 0. The monoisotopic (exact) mass is 454 g/mol. The first-order chi connectivity index (χ1) is 15.7. The SMILES string of the molecule is Cc1cc(C)cc(C2(C(=O)N3CC[C@@](O)(CN(C)Cc4ccc(F)cc4)C3)CCOCC2)c1. The van der Waals surface area contributed by atoms with Crippen LogP contribution in [0.15, 0.2) is 42.5 Å². The first-order valence-electron chi connectivity index (χ1n) is 11.8. The number of halogens is 1. The summed E-state index contributed by atoms with van der Waals surface area (Å²) in [6.07, 6.45) is 1.87. The second-order valence-corrected chi connectivity index (χ2v) is 10.1. The zero-order valence-electron chi connectivity index (χ0n) is 19.9. The van der Waals surface area contributed by atoms with Crippen molar-refractivity contribution in [3.05, 3.63) is 70.5 Å². The molecule has 0 bridgehead atoms. The fraction of sp³-hybridized carbons (Fsp3) is 0.519. The lowest BCUT2D eigenvalue weighted by Crippen LogP contribution is -2.51. The second-order valence-electron chi connectivity index (χ2n) is 10.1. The van der Waals surface area contributed by atoms with Crippen LogP contribution in [0, 0.1) is 19.7 Å². The quantitative estimate of drug-likeness (QED) is 0.725. The minimum absolute atomic E-state index is 0.105. The van der Waals surface area contributed by atoms with Gasteiger partial charge in [0.15, 0.2) is 0 Å². The number of hydrogen-bond acceptors (Lipinski definition) is 4. The molecule has 0 unspecified atom stereocenters. The molecule has 2 heterocycles. The molecular weight excluding hydrogens is 419 g/mol. The number of β-amino-alcohol motifs (C(OH)–C–C–N with tert-alkyl or cyclic N) is 1. The molecule has 1 atom stereocenters. The molecule has 0 radical (unpaired) electrons. The molecule has 2 fully saturated rings. The van der Waals surface area contributed by atoms with Crippen molar-refractivity contribution in [2.24, 2.45) is 0 Å². The molecule has 0 aliphatic carbocycles. The highest BCUT2D eigenvalue weighted by Crippen LogP contribution is 2.39. The number of likely N-dealkylation sites (N-methyl/N-ethyl adjacent to an activating group) is 1. The highest BCUT2D eigenvalue weighted by atomic mass is 19.1. The molecule has 4 rings (SSSR count). The summed E-state index contributed by atoms with van der Waals surface area (Å²) in [5, 5.41) is 11.3. The van der Waals surface area contributed by atoms with E-state index in [4.69, 9.17) is 4.74 Å². The predicted octanol–water partition coefficient (Wildman–Crippen LogP) is 3.59. The molecule has 1 N–H and O–H groups in total. The van der Waals surface area contributed by atoms with Crippen molar-refractivity contribution in [2.45, 2.75) is 50.7 Å². The first kappa shape index (κ1) is 23.9. The number of ether oxygens (including phenoxy) is 1. The van der Waals surface area contributed by atoms with Crippen molar-refractivity contribution in [2.75, 3.05) is 39.9 Å². The number of aryl methyl sites for hydroxylation is 2. The van der Waals surface area contributed by atoms with Gasteiger partial charge in [-0.05, 0) is 63.4 Å². The molecule has 2 aromatic carbocycles. The van der Waals surface area contributed by atoms with Crippen LogP contribution in [0.4, 0.5) is 4.39 Å². The molecule has 2 aliphatic heterocycles. The van der Waals surface area contributed by atoms with Gasteiger partial charge in [0.25, 0.3) is 0 Å². The smallest absolute Gasteiger partial charge is 0.233 e. The maximum Gasteiger partial charge on any atom is 0.233 e. The fourth-order valence-electron chi connectivity index (χ4n) is 5.52. The Morgan fingerprint density at radius 2 is 1.73 bits per heavy atom. The Labute approximate surface area is 196 Å². The van der Waals surface area contributed by atoms with Crippen molar-refractivity contribution in [1.29, 1.82) is 0 Å². The minimum Gasteiger partial charge on any atom is -0.387 e. The van der Waals surface area contributed by atoms with Crippen molar-refractivity contribution in [3.8, 4) is 0 Å². The van der Waals surface area contributed by atoms with Gasteiger partial charge >= 0.3 is 0 Å². The highest BCUT2D eigenvalue weighted by molar-refractivity contribution is 5.89. The number of benzene rings is 2. The van der Waals surface area contributed by atoms with Crippen molar-refractivity contribution >= 4 is 5.91 Å². The van der Waals surface area contributed by atoms with E-state index in [1.807, 2.05) is 16.8 Å². The zero-order chi connectivity index (χ0) is 23.6.